The molecule has 0 aliphatic carbocycles. The zero-order chi connectivity index (χ0) is 23.6. The van der Waals surface area contributed by atoms with E-state index < -0.39 is 11.7 Å². The average molecular weight is 472 g/mol. The van der Waals surface area contributed by atoms with Crippen molar-refractivity contribution in [1.29, 1.82) is 0 Å². The van der Waals surface area contributed by atoms with Gasteiger partial charge in [0.15, 0.2) is 5.16 Å². The lowest BCUT2D eigenvalue weighted by molar-refractivity contribution is -0.137. The van der Waals surface area contributed by atoms with Gasteiger partial charge < -0.3 is 5.32 Å². The maximum Gasteiger partial charge on any atom is 0.416 e. The van der Waals surface area contributed by atoms with E-state index in [1.807, 2.05) is 31.2 Å². The number of nitrogens with one attached hydrogen (secondary N) is 1. The lowest BCUT2D eigenvalue weighted by Crippen LogP contribution is -2.17. The van der Waals surface area contributed by atoms with E-state index in [1.165, 1.54) is 28.6 Å². The van der Waals surface area contributed by atoms with Crippen LogP contribution in [0.2, 0.25) is 0 Å². The number of aromatic nitrogens is 5. The van der Waals surface area contributed by atoms with Crippen molar-refractivity contribution >= 4 is 23.5 Å². The van der Waals surface area contributed by atoms with Gasteiger partial charge in [0.05, 0.1) is 22.7 Å². The fraction of sp³-hybridized carbons (Fsp3) is 0.182. The van der Waals surface area contributed by atoms with Gasteiger partial charge in [-0.3, -0.25) is 9.36 Å². The molecule has 4 aromatic rings. The molecule has 7 nitrogen and oxygen atoms in total. The van der Waals surface area contributed by atoms with Crippen molar-refractivity contribution in [2.45, 2.75) is 25.2 Å². The van der Waals surface area contributed by atoms with Gasteiger partial charge >= 0.3 is 6.18 Å². The van der Waals surface area contributed by atoms with Crippen LogP contribution in [0.4, 0.5) is 19.0 Å². The van der Waals surface area contributed by atoms with Crippen molar-refractivity contribution in [3.05, 3.63) is 77.7 Å². The Morgan fingerprint density at radius 3 is 2.55 bits per heavy atom. The molecule has 0 unspecified atom stereocenters. The maximum absolute atomic E-state index is 13.1. The van der Waals surface area contributed by atoms with Crippen LogP contribution in [0.5, 0.6) is 0 Å². The van der Waals surface area contributed by atoms with Crippen LogP contribution >= 0.6 is 11.8 Å². The summed E-state index contributed by atoms with van der Waals surface area (Å²) >= 11 is 1.19. The summed E-state index contributed by atoms with van der Waals surface area (Å²) in [6.07, 6.45) is -2.91. The first kappa shape index (κ1) is 22.6. The van der Waals surface area contributed by atoms with Gasteiger partial charge in [-0.25, -0.2) is 4.68 Å². The molecule has 4 rings (SSSR count). The number of alkyl halides is 3. The molecule has 0 atom stereocenters. The Bertz CT molecular complexity index is 1280. The summed E-state index contributed by atoms with van der Waals surface area (Å²) in [6, 6.07) is 14.2. The monoisotopic (exact) mass is 472 g/mol. The molecular formula is C22H19F3N6OS. The van der Waals surface area contributed by atoms with Crippen LogP contribution in [0.15, 0.2) is 66.1 Å². The summed E-state index contributed by atoms with van der Waals surface area (Å²) < 4.78 is 42.3. The Balaban J connectivity index is 1.48. The fourth-order valence-electron chi connectivity index (χ4n) is 3.11. The van der Waals surface area contributed by atoms with Gasteiger partial charge in [-0.05, 0) is 44.2 Å². The molecule has 2 aromatic carbocycles. The SMILES string of the molecule is Cc1ccc(-n2cnnc2SCC(=O)Nc2cc(C)nn2-c2cccc(C(F)(F)F)c2)cc1. The molecule has 0 spiro atoms. The van der Waals surface area contributed by atoms with Gasteiger partial charge in [0.1, 0.15) is 12.1 Å². The van der Waals surface area contributed by atoms with Crippen molar-refractivity contribution in [1.82, 2.24) is 24.5 Å². The smallest absolute Gasteiger partial charge is 0.310 e. The number of nitrogens with zero attached hydrogens (tertiary/aromatic N) is 5. The topological polar surface area (TPSA) is 77.6 Å². The van der Waals surface area contributed by atoms with Crippen LogP contribution in [0.3, 0.4) is 0 Å². The second-order valence-electron chi connectivity index (χ2n) is 7.29. The van der Waals surface area contributed by atoms with E-state index in [2.05, 4.69) is 20.6 Å². The van der Waals surface area contributed by atoms with Gasteiger partial charge in [-0.15, -0.1) is 10.2 Å². The molecule has 0 bridgehead atoms. The van der Waals surface area contributed by atoms with Crippen LogP contribution in [0, 0.1) is 13.8 Å². The number of aryl methyl sites for hydroxylation is 2. The van der Waals surface area contributed by atoms with E-state index in [0.717, 1.165) is 23.4 Å². The zero-order valence-electron chi connectivity index (χ0n) is 17.7. The second-order valence-corrected chi connectivity index (χ2v) is 8.23. The first-order valence-electron chi connectivity index (χ1n) is 9.85. The highest BCUT2D eigenvalue weighted by molar-refractivity contribution is 7.99. The summed E-state index contributed by atoms with van der Waals surface area (Å²) in [6.45, 7) is 3.68. The Morgan fingerprint density at radius 1 is 1.06 bits per heavy atom. The summed E-state index contributed by atoms with van der Waals surface area (Å²) in [5.74, 6) is -0.0545. The number of hydrogen-bond donors (Lipinski definition) is 1. The highest BCUT2D eigenvalue weighted by Crippen LogP contribution is 2.31. The van der Waals surface area contributed by atoms with Gasteiger partial charge in [0, 0.05) is 11.8 Å². The molecule has 0 aliphatic rings. The first-order chi connectivity index (χ1) is 15.7. The summed E-state index contributed by atoms with van der Waals surface area (Å²) in [7, 11) is 0. The second kappa shape index (κ2) is 9.10. The minimum atomic E-state index is -4.48. The molecule has 2 heterocycles. The first-order valence-corrected chi connectivity index (χ1v) is 10.8. The minimum absolute atomic E-state index is 0.0252. The number of halogens is 3. The Morgan fingerprint density at radius 2 is 1.82 bits per heavy atom. The Hall–Kier alpha value is -3.60. The van der Waals surface area contributed by atoms with Crippen molar-refractivity contribution in [2.75, 3.05) is 11.1 Å². The van der Waals surface area contributed by atoms with E-state index in [4.69, 9.17) is 0 Å². The van der Waals surface area contributed by atoms with Crippen LogP contribution in [-0.4, -0.2) is 36.2 Å². The van der Waals surface area contributed by atoms with Crippen LogP contribution < -0.4 is 5.32 Å². The molecule has 33 heavy (non-hydrogen) atoms. The molecule has 11 heteroatoms. The lowest BCUT2D eigenvalue weighted by atomic mass is 10.2. The number of hydrogen-bond acceptors (Lipinski definition) is 5. The molecule has 1 N–H and O–H groups in total. The third-order valence-corrected chi connectivity index (χ3v) is 5.62. The van der Waals surface area contributed by atoms with Crippen LogP contribution in [0.25, 0.3) is 11.4 Å². The van der Waals surface area contributed by atoms with Gasteiger partial charge in [0.25, 0.3) is 0 Å². The molecule has 0 aliphatic heterocycles. The number of carbonyl (C=O) groups excluding carboxylic acids is 1. The van der Waals surface area contributed by atoms with Crippen LogP contribution in [-0.2, 0) is 11.0 Å². The predicted molar refractivity (Wildman–Crippen MR) is 119 cm³/mol. The molecule has 0 radical (unpaired) electrons. The predicted octanol–water partition coefficient (Wildman–Crippen LogP) is 4.82. The molecule has 0 saturated carbocycles. The van der Waals surface area contributed by atoms with Gasteiger partial charge in [-0.1, -0.05) is 35.5 Å². The number of benzene rings is 2. The normalized spacial score (nSPS) is 11.5. The molecule has 0 fully saturated rings. The number of rotatable bonds is 6. The fourth-order valence-corrected chi connectivity index (χ4v) is 3.84. The summed E-state index contributed by atoms with van der Waals surface area (Å²) in [5, 5.41) is 15.5. The Kier molecular flexibility index (Phi) is 6.23. The van der Waals surface area contributed by atoms with E-state index in [0.29, 0.717) is 10.9 Å². The number of amides is 1. The number of thioether (sulfide) groups is 1. The van der Waals surface area contributed by atoms with Crippen molar-refractivity contribution in [3.8, 4) is 11.4 Å². The number of anilines is 1. The van der Waals surface area contributed by atoms with Crippen molar-refractivity contribution in [2.24, 2.45) is 0 Å². The standard InChI is InChI=1S/C22H19F3N6OS/c1-14-6-8-17(9-7-14)30-13-26-28-21(30)33-12-20(32)27-19-10-15(2)29-31(19)18-5-3-4-16(11-18)22(23,24)25/h3-11,13H,12H2,1-2H3,(H,27,32). The third-order valence-electron chi connectivity index (χ3n) is 4.68. The average Bonchev–Trinajstić information content (AvgIpc) is 3.38. The zero-order valence-corrected chi connectivity index (χ0v) is 18.5. The summed E-state index contributed by atoms with van der Waals surface area (Å²) in [4.78, 5) is 12.6. The molecule has 170 valence electrons. The quantitative estimate of drug-likeness (QED) is 0.407. The molecule has 2 aromatic heterocycles. The minimum Gasteiger partial charge on any atom is -0.310 e. The highest BCUT2D eigenvalue weighted by Gasteiger charge is 2.30. The molecular weight excluding hydrogens is 453 g/mol. The van der Waals surface area contributed by atoms with Gasteiger partial charge in [0.2, 0.25) is 5.91 Å². The molecule has 0 saturated heterocycles. The number of carbonyl (C=O) groups is 1. The van der Waals surface area contributed by atoms with Crippen molar-refractivity contribution < 1.29 is 18.0 Å². The lowest BCUT2D eigenvalue weighted by Gasteiger charge is -2.12. The third kappa shape index (κ3) is 5.25. The largest absolute Gasteiger partial charge is 0.416 e. The molecule has 1 amide bonds. The van der Waals surface area contributed by atoms with E-state index in [9.17, 15) is 18.0 Å². The van der Waals surface area contributed by atoms with E-state index in [-0.39, 0.29) is 23.2 Å². The van der Waals surface area contributed by atoms with E-state index >= 15 is 0 Å². The van der Waals surface area contributed by atoms with Crippen molar-refractivity contribution in [3.63, 3.8) is 0 Å². The Labute approximate surface area is 191 Å². The van der Waals surface area contributed by atoms with Crippen LogP contribution in [0.1, 0.15) is 16.8 Å². The maximum atomic E-state index is 13.1. The highest BCUT2D eigenvalue weighted by atomic mass is 32.2. The summed E-state index contributed by atoms with van der Waals surface area (Å²) in [5.41, 5.74) is 1.94. The van der Waals surface area contributed by atoms with Gasteiger partial charge in [-0.2, -0.15) is 18.3 Å². The van der Waals surface area contributed by atoms with E-state index in [1.54, 1.807) is 23.9 Å².